The van der Waals surface area contributed by atoms with Gasteiger partial charge in [-0.3, -0.25) is 14.8 Å². The van der Waals surface area contributed by atoms with Crippen LogP contribution in [0, 0.1) is 5.92 Å². The van der Waals surface area contributed by atoms with Gasteiger partial charge in [0.15, 0.2) is 5.82 Å². The van der Waals surface area contributed by atoms with Gasteiger partial charge in [-0.25, -0.2) is 4.98 Å². The van der Waals surface area contributed by atoms with Crippen LogP contribution in [0.15, 0.2) is 47.6 Å². The highest BCUT2D eigenvalue weighted by atomic mass is 16.5. The Kier molecular flexibility index (Phi) is 5.13. The van der Waals surface area contributed by atoms with E-state index in [1.165, 1.54) is 6.20 Å². The quantitative estimate of drug-likeness (QED) is 0.685. The zero-order valence-electron chi connectivity index (χ0n) is 14.9. The van der Waals surface area contributed by atoms with E-state index in [-0.39, 0.29) is 5.91 Å². The van der Waals surface area contributed by atoms with Crippen LogP contribution in [0.3, 0.4) is 0 Å². The van der Waals surface area contributed by atoms with Crippen molar-refractivity contribution in [2.45, 2.75) is 25.7 Å². The zero-order chi connectivity index (χ0) is 18.5. The predicted molar refractivity (Wildman–Crippen MR) is 96.5 cm³/mol. The lowest BCUT2D eigenvalue weighted by Gasteiger charge is -2.32. The van der Waals surface area contributed by atoms with Gasteiger partial charge >= 0.3 is 0 Å². The summed E-state index contributed by atoms with van der Waals surface area (Å²) in [6.45, 7) is 1.49. The Morgan fingerprint density at radius 3 is 2.89 bits per heavy atom. The predicted octanol–water partition coefficient (Wildman–Crippen LogP) is 2.41. The molecule has 8 nitrogen and oxygen atoms in total. The second-order valence-electron chi connectivity index (χ2n) is 6.64. The first kappa shape index (κ1) is 17.3. The molecule has 3 aromatic heterocycles. The summed E-state index contributed by atoms with van der Waals surface area (Å²) in [4.78, 5) is 31.0. The molecule has 0 spiro atoms. The summed E-state index contributed by atoms with van der Waals surface area (Å²) in [6.07, 6.45) is 11.8. The summed E-state index contributed by atoms with van der Waals surface area (Å²) in [5.41, 5.74) is 1.26. The van der Waals surface area contributed by atoms with E-state index in [4.69, 9.17) is 4.52 Å². The first-order chi connectivity index (χ1) is 13.3. The molecule has 4 heterocycles. The van der Waals surface area contributed by atoms with Crippen LogP contribution < -0.4 is 0 Å². The van der Waals surface area contributed by atoms with Gasteiger partial charge in [-0.2, -0.15) is 4.98 Å². The molecule has 1 atom stereocenters. The lowest BCUT2D eigenvalue weighted by atomic mass is 9.93. The molecule has 0 aromatic carbocycles. The molecule has 138 valence electrons. The minimum Gasteiger partial charge on any atom is -0.337 e. The number of nitrogens with zero attached hydrogens (tertiary/aromatic N) is 6. The number of carbonyl (C=O) groups excluding carboxylic acids is 1. The Morgan fingerprint density at radius 1 is 1.19 bits per heavy atom. The molecule has 0 radical (unpaired) electrons. The molecule has 1 aliphatic heterocycles. The van der Waals surface area contributed by atoms with Crippen molar-refractivity contribution in [3.05, 3.63) is 54.6 Å². The van der Waals surface area contributed by atoms with Crippen molar-refractivity contribution in [2.75, 3.05) is 13.1 Å². The van der Waals surface area contributed by atoms with E-state index in [2.05, 4.69) is 25.1 Å². The number of amides is 1. The molecule has 4 rings (SSSR count). The van der Waals surface area contributed by atoms with Crippen molar-refractivity contribution in [2.24, 2.45) is 5.92 Å². The normalized spacial score (nSPS) is 17.0. The van der Waals surface area contributed by atoms with Crippen molar-refractivity contribution < 1.29 is 9.32 Å². The highest BCUT2D eigenvalue weighted by Gasteiger charge is 2.25. The Balaban J connectivity index is 1.34. The van der Waals surface area contributed by atoms with Gasteiger partial charge in [0.05, 0.1) is 6.20 Å². The van der Waals surface area contributed by atoms with Crippen LogP contribution in [0.4, 0.5) is 0 Å². The van der Waals surface area contributed by atoms with Crippen LogP contribution in [0.2, 0.25) is 0 Å². The Hall–Kier alpha value is -3.16. The van der Waals surface area contributed by atoms with E-state index >= 15 is 0 Å². The van der Waals surface area contributed by atoms with E-state index < -0.39 is 0 Å². The van der Waals surface area contributed by atoms with Crippen LogP contribution in [-0.4, -0.2) is 49.0 Å². The van der Waals surface area contributed by atoms with Crippen LogP contribution in [0.5, 0.6) is 0 Å². The zero-order valence-corrected chi connectivity index (χ0v) is 14.9. The topological polar surface area (TPSA) is 97.9 Å². The highest BCUT2D eigenvalue weighted by Crippen LogP contribution is 2.23. The molecule has 0 saturated carbocycles. The minimum atomic E-state index is -0.0488. The van der Waals surface area contributed by atoms with E-state index in [9.17, 15) is 4.79 Å². The van der Waals surface area contributed by atoms with Crippen LogP contribution in [-0.2, 0) is 6.42 Å². The molecule has 0 N–H and O–H groups in total. The third-order valence-electron chi connectivity index (χ3n) is 4.76. The molecule has 27 heavy (non-hydrogen) atoms. The van der Waals surface area contributed by atoms with Crippen molar-refractivity contribution >= 4 is 5.91 Å². The van der Waals surface area contributed by atoms with Gasteiger partial charge < -0.3 is 9.42 Å². The van der Waals surface area contributed by atoms with Crippen molar-refractivity contribution in [3.63, 3.8) is 0 Å². The lowest BCUT2D eigenvalue weighted by molar-refractivity contribution is 0.0661. The summed E-state index contributed by atoms with van der Waals surface area (Å²) in [5, 5.41) is 4.07. The maximum Gasteiger partial charge on any atom is 0.274 e. The fraction of sp³-hybridized carbons (Fsp3) is 0.368. The highest BCUT2D eigenvalue weighted by molar-refractivity contribution is 5.92. The first-order valence-electron chi connectivity index (χ1n) is 9.08. The molecule has 1 fully saturated rings. The molecule has 3 aromatic rings. The number of hydrogen-bond donors (Lipinski definition) is 0. The number of carbonyl (C=O) groups is 1. The maximum atomic E-state index is 12.6. The van der Waals surface area contributed by atoms with Gasteiger partial charge in [-0.1, -0.05) is 5.16 Å². The number of rotatable bonds is 5. The van der Waals surface area contributed by atoms with E-state index in [0.717, 1.165) is 44.3 Å². The van der Waals surface area contributed by atoms with E-state index in [1.54, 1.807) is 24.8 Å². The summed E-state index contributed by atoms with van der Waals surface area (Å²) in [7, 11) is 0. The molecule has 8 heteroatoms. The molecule has 1 aliphatic rings. The van der Waals surface area contributed by atoms with Crippen molar-refractivity contribution in [1.29, 1.82) is 0 Å². The molecule has 0 bridgehead atoms. The van der Waals surface area contributed by atoms with Crippen molar-refractivity contribution in [1.82, 2.24) is 30.0 Å². The molecule has 0 aliphatic carbocycles. The first-order valence-corrected chi connectivity index (χ1v) is 9.08. The monoisotopic (exact) mass is 364 g/mol. The third-order valence-corrected chi connectivity index (χ3v) is 4.76. The van der Waals surface area contributed by atoms with Gasteiger partial charge in [-0.05, 0) is 37.3 Å². The van der Waals surface area contributed by atoms with Crippen LogP contribution in [0.1, 0.15) is 35.6 Å². The van der Waals surface area contributed by atoms with Crippen LogP contribution in [0.25, 0.3) is 11.5 Å². The number of piperidine rings is 1. The average Bonchev–Trinajstić information content (AvgIpc) is 3.22. The van der Waals surface area contributed by atoms with Gasteiger partial charge in [-0.15, -0.1) is 0 Å². The number of aryl methyl sites for hydroxylation is 1. The Labute approximate surface area is 156 Å². The third kappa shape index (κ3) is 4.16. The average molecular weight is 364 g/mol. The van der Waals surface area contributed by atoms with Gasteiger partial charge in [0.2, 0.25) is 0 Å². The summed E-state index contributed by atoms with van der Waals surface area (Å²) < 4.78 is 5.34. The number of likely N-dealkylation sites (tertiary alicyclic amines) is 1. The standard InChI is InChI=1S/C19H20N6O2/c26-19(16-12-21-9-10-22-16)25-11-1-2-14(13-25)3-4-17-23-18(27-24-17)15-5-7-20-8-6-15/h5-10,12,14H,1-4,11,13H2. The fourth-order valence-corrected chi connectivity index (χ4v) is 3.36. The second-order valence-corrected chi connectivity index (χ2v) is 6.64. The van der Waals surface area contributed by atoms with Gasteiger partial charge in [0.1, 0.15) is 5.69 Å². The summed E-state index contributed by atoms with van der Waals surface area (Å²) in [5.74, 6) is 1.57. The Bertz CT molecular complexity index is 883. The molecular weight excluding hydrogens is 344 g/mol. The molecular formula is C19H20N6O2. The number of aromatic nitrogens is 5. The maximum absolute atomic E-state index is 12.6. The van der Waals surface area contributed by atoms with E-state index in [1.807, 2.05) is 17.0 Å². The SMILES string of the molecule is O=C(c1cnccn1)N1CCCC(CCc2noc(-c3ccncc3)n2)C1. The summed E-state index contributed by atoms with van der Waals surface area (Å²) >= 11 is 0. The van der Waals surface area contributed by atoms with Crippen LogP contribution >= 0.6 is 0 Å². The Morgan fingerprint density at radius 2 is 2.07 bits per heavy atom. The largest absolute Gasteiger partial charge is 0.337 e. The lowest BCUT2D eigenvalue weighted by Crippen LogP contribution is -2.40. The van der Waals surface area contributed by atoms with Gasteiger partial charge in [0, 0.05) is 49.9 Å². The molecule has 1 unspecified atom stereocenters. The van der Waals surface area contributed by atoms with Crippen molar-refractivity contribution in [3.8, 4) is 11.5 Å². The summed E-state index contributed by atoms with van der Waals surface area (Å²) in [6, 6.07) is 3.68. The smallest absolute Gasteiger partial charge is 0.274 e. The van der Waals surface area contributed by atoms with Gasteiger partial charge in [0.25, 0.3) is 11.8 Å². The molecule has 1 amide bonds. The van der Waals surface area contributed by atoms with E-state index in [0.29, 0.717) is 23.3 Å². The molecule has 1 saturated heterocycles. The second kappa shape index (κ2) is 8.03. The fourth-order valence-electron chi connectivity index (χ4n) is 3.36. The number of pyridine rings is 1. The number of hydrogen-bond acceptors (Lipinski definition) is 7. The minimum absolute atomic E-state index is 0.0488.